The second-order valence-corrected chi connectivity index (χ2v) is 6.81. The summed E-state index contributed by atoms with van der Waals surface area (Å²) < 4.78 is 35.0. The molecule has 0 saturated carbocycles. The molecule has 31 heavy (non-hydrogen) atoms. The normalized spacial score (nSPS) is 13.8. The number of aryl methyl sites for hydroxylation is 1. The van der Waals surface area contributed by atoms with Crippen molar-refractivity contribution in [3.63, 3.8) is 0 Å². The predicted molar refractivity (Wildman–Crippen MR) is 109 cm³/mol. The lowest BCUT2D eigenvalue weighted by atomic mass is 10.4. The van der Waals surface area contributed by atoms with E-state index in [-0.39, 0.29) is 5.56 Å². The molecule has 2 N–H and O–H groups in total. The fourth-order valence-electron chi connectivity index (χ4n) is 2.92. The molecule has 0 amide bonds. The van der Waals surface area contributed by atoms with E-state index in [9.17, 15) is 18.0 Å². The van der Waals surface area contributed by atoms with E-state index in [4.69, 9.17) is 14.9 Å². The monoisotopic (exact) mass is 443 g/mol. The Hall–Kier alpha value is -3.27. The summed E-state index contributed by atoms with van der Waals surface area (Å²) >= 11 is 0. The molecule has 2 aromatic rings. The van der Waals surface area contributed by atoms with Crippen molar-refractivity contribution in [2.75, 3.05) is 50.1 Å². The van der Waals surface area contributed by atoms with Crippen LogP contribution in [0.1, 0.15) is 6.92 Å². The van der Waals surface area contributed by atoms with Crippen molar-refractivity contribution < 1.29 is 23.1 Å². The number of alkyl halides is 3. The van der Waals surface area contributed by atoms with Gasteiger partial charge in [0.15, 0.2) is 5.82 Å². The minimum atomic E-state index is -5.08. The first-order valence-electron chi connectivity index (χ1n) is 9.29. The molecule has 0 aromatic carbocycles. The molecule has 0 bridgehead atoms. The first-order valence-corrected chi connectivity index (χ1v) is 9.29. The van der Waals surface area contributed by atoms with Crippen molar-refractivity contribution in [2.45, 2.75) is 19.6 Å². The number of carboxylic acids is 1. The van der Waals surface area contributed by atoms with Crippen LogP contribution in [0.3, 0.4) is 0 Å². The summed E-state index contributed by atoms with van der Waals surface area (Å²) in [5, 5.41) is 14.8. The summed E-state index contributed by atoms with van der Waals surface area (Å²) in [6, 6.07) is 0. The van der Waals surface area contributed by atoms with Gasteiger partial charge in [-0.2, -0.15) is 13.2 Å². The van der Waals surface area contributed by atoms with Gasteiger partial charge >= 0.3 is 12.1 Å². The number of fused-ring (bicyclic) bond motifs is 1. The van der Waals surface area contributed by atoms with E-state index in [2.05, 4.69) is 27.2 Å². The molecule has 0 aliphatic carbocycles. The molecule has 0 radical (unpaired) electrons. The highest BCUT2D eigenvalue weighted by Crippen LogP contribution is 2.26. The Morgan fingerprint density at radius 3 is 2.35 bits per heavy atom. The van der Waals surface area contributed by atoms with Gasteiger partial charge in [0.2, 0.25) is 5.95 Å². The van der Waals surface area contributed by atoms with Crippen molar-refractivity contribution in [3.05, 3.63) is 10.4 Å². The molecule has 0 atom stereocenters. The molecule has 1 fully saturated rings. The highest BCUT2D eigenvalue weighted by molar-refractivity contribution is 5.88. The summed E-state index contributed by atoms with van der Waals surface area (Å²) in [7, 11) is 5.48. The number of carboxylic acid groups (broad SMARTS) is 1. The van der Waals surface area contributed by atoms with E-state index in [1.54, 1.807) is 14.0 Å². The molecule has 1 saturated heterocycles. The molecule has 1 aliphatic heterocycles. The summed E-state index contributed by atoms with van der Waals surface area (Å²) in [6.45, 7) is 5.76. The molecule has 13 heteroatoms. The van der Waals surface area contributed by atoms with E-state index < -0.39 is 12.1 Å². The molecule has 170 valence electrons. The lowest BCUT2D eigenvalue weighted by Gasteiger charge is -2.28. The molecule has 10 nitrogen and oxygen atoms in total. The molecule has 0 unspecified atom stereocenters. The third kappa shape index (κ3) is 5.46. The number of nitrogens with one attached hydrogen (secondary N) is 1. The smallest absolute Gasteiger partial charge is 0.475 e. The van der Waals surface area contributed by atoms with Crippen LogP contribution in [-0.4, -0.2) is 76.9 Å². The van der Waals surface area contributed by atoms with E-state index in [1.807, 2.05) is 23.6 Å². The molecule has 2 aromatic heterocycles. The van der Waals surface area contributed by atoms with Crippen molar-refractivity contribution in [1.82, 2.24) is 24.6 Å². The zero-order valence-electron chi connectivity index (χ0n) is 17.6. The van der Waals surface area contributed by atoms with Crippen molar-refractivity contribution in [1.29, 1.82) is 0 Å². The number of anilines is 2. The van der Waals surface area contributed by atoms with E-state index in [0.717, 1.165) is 32.1 Å². The summed E-state index contributed by atoms with van der Waals surface area (Å²) in [6.07, 6.45) is -5.08. The second kappa shape index (κ2) is 9.69. The number of halogens is 3. The lowest BCUT2D eigenvalue weighted by molar-refractivity contribution is -0.192. The van der Waals surface area contributed by atoms with Crippen LogP contribution in [0.15, 0.2) is 4.79 Å². The Labute approximate surface area is 176 Å². The van der Waals surface area contributed by atoms with Gasteiger partial charge in [0, 0.05) is 47.3 Å². The third-order valence-corrected chi connectivity index (χ3v) is 4.38. The molecule has 3 heterocycles. The Balaban J connectivity index is 0.000000423. The first-order chi connectivity index (χ1) is 14.5. The number of hydrogen-bond donors (Lipinski definition) is 2. The van der Waals surface area contributed by atoms with Gasteiger partial charge < -0.3 is 20.2 Å². The number of rotatable bonds is 3. The number of imidazole rings is 1. The van der Waals surface area contributed by atoms with Gasteiger partial charge in [0.25, 0.3) is 5.56 Å². The highest BCUT2D eigenvalue weighted by atomic mass is 19.4. The van der Waals surface area contributed by atoms with Gasteiger partial charge in [-0.25, -0.2) is 14.5 Å². The number of aromatic nitrogens is 4. The lowest BCUT2D eigenvalue weighted by Crippen LogP contribution is -2.44. The fourth-order valence-corrected chi connectivity index (χ4v) is 2.92. The van der Waals surface area contributed by atoms with Crippen LogP contribution in [0, 0.1) is 11.8 Å². The van der Waals surface area contributed by atoms with Gasteiger partial charge in [-0.05, 0) is 6.92 Å². The van der Waals surface area contributed by atoms with Crippen molar-refractivity contribution in [3.8, 4) is 11.8 Å². The number of aliphatic carboxylic acids is 1. The van der Waals surface area contributed by atoms with Gasteiger partial charge in [-0.3, -0.25) is 9.36 Å². The summed E-state index contributed by atoms with van der Waals surface area (Å²) in [5.74, 6) is 4.70. The van der Waals surface area contributed by atoms with E-state index in [0.29, 0.717) is 23.4 Å². The highest BCUT2D eigenvalue weighted by Gasteiger charge is 2.38. The number of hydrogen-bond acceptors (Lipinski definition) is 7. The number of carbonyl (C=O) groups is 1. The van der Waals surface area contributed by atoms with Crippen LogP contribution < -0.4 is 20.7 Å². The van der Waals surface area contributed by atoms with Gasteiger partial charge in [0.05, 0.1) is 6.54 Å². The average Bonchev–Trinajstić information content (AvgIpc) is 3.09. The van der Waals surface area contributed by atoms with Gasteiger partial charge in [-0.1, -0.05) is 5.92 Å². The molecular formula is C18H24F3N7O3. The molecule has 3 rings (SSSR count). The zero-order valence-corrected chi connectivity index (χ0v) is 17.6. The first kappa shape index (κ1) is 24.0. The van der Waals surface area contributed by atoms with Crippen LogP contribution in [0.2, 0.25) is 0 Å². The molecule has 1 aliphatic rings. The minimum Gasteiger partial charge on any atom is -0.475 e. The van der Waals surface area contributed by atoms with E-state index >= 15 is 0 Å². The predicted octanol–water partition coefficient (Wildman–Crippen LogP) is 0.262. The topological polar surface area (TPSA) is 109 Å². The Morgan fingerprint density at radius 2 is 1.87 bits per heavy atom. The van der Waals surface area contributed by atoms with Crippen LogP contribution in [0.4, 0.5) is 24.9 Å². The Bertz CT molecular complexity index is 1060. The molecule has 0 spiro atoms. The minimum absolute atomic E-state index is 0.151. The fraction of sp³-hybridized carbons (Fsp3) is 0.556. The maximum atomic E-state index is 12.7. The Kier molecular flexibility index (Phi) is 7.50. The maximum Gasteiger partial charge on any atom is 0.490 e. The van der Waals surface area contributed by atoms with Crippen molar-refractivity contribution in [2.24, 2.45) is 7.05 Å². The second-order valence-electron chi connectivity index (χ2n) is 6.81. The third-order valence-electron chi connectivity index (χ3n) is 4.38. The SMILES string of the molecule is CC#CCn1c(N2CCNCC2)nc2c(N(C)C)nn(C)c(=O)c21.O=C(O)C(F)(F)F. The van der Waals surface area contributed by atoms with E-state index in [1.165, 1.54) is 4.68 Å². The maximum absolute atomic E-state index is 12.7. The van der Waals surface area contributed by atoms with Crippen LogP contribution >= 0.6 is 0 Å². The summed E-state index contributed by atoms with van der Waals surface area (Å²) in [4.78, 5) is 30.5. The quantitative estimate of drug-likeness (QED) is 0.651. The van der Waals surface area contributed by atoms with Crippen molar-refractivity contribution >= 4 is 28.8 Å². The van der Waals surface area contributed by atoms with Crippen LogP contribution in [-0.2, 0) is 18.4 Å². The Morgan fingerprint density at radius 1 is 1.29 bits per heavy atom. The average molecular weight is 443 g/mol. The molecular weight excluding hydrogens is 419 g/mol. The summed E-state index contributed by atoms with van der Waals surface area (Å²) in [5.41, 5.74) is 1.05. The van der Waals surface area contributed by atoms with Crippen LogP contribution in [0.25, 0.3) is 11.0 Å². The largest absolute Gasteiger partial charge is 0.490 e. The standard InChI is InChI=1S/C16H23N7O.C2HF3O2/c1-5-6-9-23-13-12(14(20(2)3)19-21(4)15(13)24)18-16(23)22-10-7-17-8-11-22;3-2(4,5)1(6)7/h17H,7-11H2,1-4H3;(H,6,7). The van der Waals surface area contributed by atoms with Gasteiger partial charge in [-0.15, -0.1) is 11.0 Å². The van der Waals surface area contributed by atoms with Gasteiger partial charge in [0.1, 0.15) is 11.0 Å². The number of nitrogens with zero attached hydrogens (tertiary/aromatic N) is 6. The van der Waals surface area contributed by atoms with Crippen LogP contribution in [0.5, 0.6) is 0 Å². The number of piperazine rings is 1. The zero-order chi connectivity index (χ0) is 23.3.